The predicted molar refractivity (Wildman–Crippen MR) is 43.9 cm³/mol. The lowest BCUT2D eigenvalue weighted by Crippen LogP contribution is -2.48. The molecule has 0 rings (SSSR count). The molecule has 0 aromatic carbocycles. The van der Waals surface area contributed by atoms with E-state index < -0.39 is 0 Å². The first kappa shape index (κ1) is 10.6. The molecule has 3 heteroatoms. The molecule has 3 nitrogen and oxygen atoms in total. The highest BCUT2D eigenvalue weighted by Crippen LogP contribution is 2.05. The third-order valence-electron chi connectivity index (χ3n) is 1.96. The van der Waals surface area contributed by atoms with Crippen LogP contribution in [0.25, 0.3) is 0 Å². The average Bonchev–Trinajstić information content (AvgIpc) is 2.04. The van der Waals surface area contributed by atoms with Crippen LogP contribution in [0.3, 0.4) is 0 Å². The van der Waals surface area contributed by atoms with Crippen LogP contribution in [0.5, 0.6) is 0 Å². The van der Waals surface area contributed by atoms with Crippen molar-refractivity contribution in [1.82, 2.24) is 0 Å². The molecule has 0 aromatic rings. The predicted octanol–water partition coefficient (Wildman–Crippen LogP) is 0.993. The van der Waals surface area contributed by atoms with Crippen molar-refractivity contribution in [2.24, 2.45) is 0 Å². The molecule has 0 saturated carbocycles. The smallest absolute Gasteiger partial charge is 0.177 e. The van der Waals surface area contributed by atoms with Crippen LogP contribution < -0.4 is 0 Å². The molecule has 0 unspecified atom stereocenters. The first-order valence-corrected chi connectivity index (χ1v) is 4.19. The van der Waals surface area contributed by atoms with Gasteiger partial charge in [0, 0.05) is 0 Å². The number of hydroxylamine groups is 3. The van der Waals surface area contributed by atoms with Gasteiger partial charge in [0.05, 0.1) is 0 Å². The zero-order valence-corrected chi connectivity index (χ0v) is 7.67. The Balaban J connectivity index is 4.06. The molecule has 0 spiro atoms. The third-order valence-corrected chi connectivity index (χ3v) is 1.96. The topological polar surface area (TPSA) is 26.3 Å². The number of carbonyl (C=O) groups excluding carboxylic acids is 1. The lowest BCUT2D eigenvalue weighted by Gasteiger charge is -2.30. The van der Waals surface area contributed by atoms with Gasteiger partial charge in [-0.25, -0.2) is 4.84 Å². The molecule has 0 aliphatic carbocycles. The highest BCUT2D eigenvalue weighted by atomic mass is 16.7. The summed E-state index contributed by atoms with van der Waals surface area (Å²) in [5, 5.41) is 0. The van der Waals surface area contributed by atoms with Crippen molar-refractivity contribution in [3.63, 3.8) is 0 Å². The van der Waals surface area contributed by atoms with E-state index in [1.807, 2.05) is 20.8 Å². The van der Waals surface area contributed by atoms with Crippen LogP contribution in [0.1, 0.15) is 20.8 Å². The minimum absolute atomic E-state index is 0.458. The standard InChI is InChI=1S/C8H18NO2/c1-4-9(5-2,7-8-10)11-6-3/h8H,4-7H2,1-3H3/q+1. The zero-order valence-electron chi connectivity index (χ0n) is 7.67. The van der Waals surface area contributed by atoms with E-state index in [0.717, 1.165) is 19.4 Å². The number of likely N-dealkylation sites (N-methyl/N-ethyl adjacent to an activating group) is 1. The molecule has 66 valence electrons. The molecule has 0 aliphatic heterocycles. The molecule has 0 fully saturated rings. The van der Waals surface area contributed by atoms with Gasteiger partial charge in [0.1, 0.15) is 19.7 Å². The van der Waals surface area contributed by atoms with Gasteiger partial charge >= 0.3 is 0 Å². The van der Waals surface area contributed by atoms with E-state index in [1.54, 1.807) is 0 Å². The third kappa shape index (κ3) is 2.99. The normalized spacial score (nSPS) is 11.5. The SMILES string of the molecule is CCO[N+](CC)(CC)CC=O. The summed E-state index contributed by atoms with van der Waals surface area (Å²) in [6.45, 7) is 8.83. The summed E-state index contributed by atoms with van der Waals surface area (Å²) in [4.78, 5) is 15.8. The first-order valence-electron chi connectivity index (χ1n) is 4.19. The quantitative estimate of drug-likeness (QED) is 0.329. The molecule has 0 radical (unpaired) electrons. The first-order chi connectivity index (χ1) is 5.24. The molecule has 0 N–H and O–H groups in total. The van der Waals surface area contributed by atoms with Crippen molar-refractivity contribution in [1.29, 1.82) is 0 Å². The van der Waals surface area contributed by atoms with E-state index in [0.29, 0.717) is 17.8 Å². The van der Waals surface area contributed by atoms with Crippen LogP contribution in [0.15, 0.2) is 0 Å². The molecule has 0 aromatic heterocycles. The zero-order chi connectivity index (χ0) is 8.74. The Bertz CT molecular complexity index is 111. The Labute approximate surface area is 68.5 Å². The summed E-state index contributed by atoms with van der Waals surface area (Å²) in [6, 6.07) is 0. The Morgan fingerprint density at radius 2 is 1.82 bits per heavy atom. The maximum absolute atomic E-state index is 10.3. The Hall–Kier alpha value is -0.410. The number of hydrogen-bond donors (Lipinski definition) is 0. The highest BCUT2D eigenvalue weighted by Gasteiger charge is 2.23. The van der Waals surface area contributed by atoms with Crippen molar-refractivity contribution in [3.05, 3.63) is 0 Å². The fraction of sp³-hybridized carbons (Fsp3) is 0.875. The largest absolute Gasteiger partial charge is 0.297 e. The van der Waals surface area contributed by atoms with E-state index in [1.165, 1.54) is 0 Å². The average molecular weight is 160 g/mol. The van der Waals surface area contributed by atoms with Gasteiger partial charge in [-0.05, 0) is 20.8 Å². The number of nitrogens with zero attached hydrogens (tertiary/aromatic N) is 1. The van der Waals surface area contributed by atoms with Gasteiger partial charge in [-0.15, -0.1) is 0 Å². The van der Waals surface area contributed by atoms with Crippen LogP contribution in [-0.4, -0.2) is 37.2 Å². The maximum Gasteiger partial charge on any atom is 0.177 e. The Kier molecular flexibility index (Phi) is 5.07. The molecule has 0 bridgehead atoms. The van der Waals surface area contributed by atoms with Crippen molar-refractivity contribution >= 4 is 6.29 Å². The molecular formula is C8H18NO2+. The van der Waals surface area contributed by atoms with Crippen LogP contribution in [0.2, 0.25) is 0 Å². The van der Waals surface area contributed by atoms with Crippen LogP contribution in [0.4, 0.5) is 0 Å². The fourth-order valence-corrected chi connectivity index (χ4v) is 1.13. The van der Waals surface area contributed by atoms with Crippen molar-refractivity contribution in [3.8, 4) is 0 Å². The van der Waals surface area contributed by atoms with E-state index in [2.05, 4.69) is 0 Å². The van der Waals surface area contributed by atoms with Gasteiger partial charge in [-0.2, -0.15) is 4.65 Å². The lowest BCUT2D eigenvalue weighted by molar-refractivity contribution is -1.10. The molecule has 0 amide bonds. The van der Waals surface area contributed by atoms with E-state index in [9.17, 15) is 4.79 Å². The Morgan fingerprint density at radius 1 is 1.27 bits per heavy atom. The minimum atomic E-state index is 0.458. The molecule has 0 aliphatic rings. The van der Waals surface area contributed by atoms with Gasteiger partial charge < -0.3 is 0 Å². The number of hydrogen-bond acceptors (Lipinski definition) is 2. The van der Waals surface area contributed by atoms with E-state index in [4.69, 9.17) is 4.84 Å². The summed E-state index contributed by atoms with van der Waals surface area (Å²) >= 11 is 0. The van der Waals surface area contributed by atoms with E-state index >= 15 is 0 Å². The highest BCUT2D eigenvalue weighted by molar-refractivity contribution is 5.50. The van der Waals surface area contributed by atoms with Crippen molar-refractivity contribution < 1.29 is 14.3 Å². The van der Waals surface area contributed by atoms with Gasteiger partial charge in [0.25, 0.3) is 0 Å². The summed E-state index contributed by atoms with van der Waals surface area (Å²) in [5.74, 6) is 0. The fourth-order valence-electron chi connectivity index (χ4n) is 1.13. The number of carbonyl (C=O) groups is 1. The number of aldehydes is 1. The van der Waals surface area contributed by atoms with Gasteiger partial charge in [0.15, 0.2) is 12.8 Å². The summed E-state index contributed by atoms with van der Waals surface area (Å²) < 4.78 is 0.458. The molecule has 0 atom stereocenters. The second-order valence-electron chi connectivity index (χ2n) is 2.46. The molecule has 0 heterocycles. The maximum atomic E-state index is 10.3. The van der Waals surface area contributed by atoms with Gasteiger partial charge in [0.2, 0.25) is 0 Å². The summed E-state index contributed by atoms with van der Waals surface area (Å²) in [5.41, 5.74) is 0. The molecule has 0 saturated heterocycles. The van der Waals surface area contributed by atoms with Crippen LogP contribution in [-0.2, 0) is 9.63 Å². The van der Waals surface area contributed by atoms with Crippen molar-refractivity contribution in [2.45, 2.75) is 20.8 Å². The van der Waals surface area contributed by atoms with Gasteiger partial charge in [-0.3, -0.25) is 4.79 Å². The molecular weight excluding hydrogens is 142 g/mol. The second kappa shape index (κ2) is 5.27. The summed E-state index contributed by atoms with van der Waals surface area (Å²) in [6.07, 6.45) is 0.919. The monoisotopic (exact) mass is 160 g/mol. The molecule has 11 heavy (non-hydrogen) atoms. The lowest BCUT2D eigenvalue weighted by atomic mass is 10.5. The second-order valence-corrected chi connectivity index (χ2v) is 2.46. The van der Waals surface area contributed by atoms with Crippen LogP contribution >= 0.6 is 0 Å². The Morgan fingerprint density at radius 3 is 2.09 bits per heavy atom. The van der Waals surface area contributed by atoms with Gasteiger partial charge in [-0.1, -0.05) is 0 Å². The number of quaternary nitrogens is 1. The number of rotatable bonds is 6. The summed E-state index contributed by atoms with van der Waals surface area (Å²) in [7, 11) is 0. The van der Waals surface area contributed by atoms with Crippen LogP contribution in [0, 0.1) is 0 Å². The minimum Gasteiger partial charge on any atom is -0.297 e. The van der Waals surface area contributed by atoms with E-state index in [-0.39, 0.29) is 0 Å². The van der Waals surface area contributed by atoms with Crippen molar-refractivity contribution in [2.75, 3.05) is 26.2 Å².